The topological polar surface area (TPSA) is 6.48 Å². The molecule has 1 aliphatic rings. The smallest absolute Gasteiger partial charge is 0.0427 e. The molecule has 0 unspecified atom stereocenters. The van der Waals surface area contributed by atoms with E-state index >= 15 is 0 Å². The summed E-state index contributed by atoms with van der Waals surface area (Å²) >= 11 is 0. The van der Waals surface area contributed by atoms with Gasteiger partial charge in [-0.05, 0) is 17.7 Å². The summed E-state index contributed by atoms with van der Waals surface area (Å²) in [6.45, 7) is 1.97. The van der Waals surface area contributed by atoms with Crippen LogP contribution in [-0.2, 0) is 6.54 Å². The zero-order valence-electron chi connectivity index (χ0n) is 10.4. The molecular weight excluding hydrogens is 318 g/mol. The van der Waals surface area contributed by atoms with E-state index in [0.717, 1.165) is 13.1 Å². The molecule has 0 aromatic heterocycles. The second kappa shape index (κ2) is 6.76. The number of rotatable bonds is 3. The van der Waals surface area contributed by atoms with Crippen LogP contribution in [0.2, 0.25) is 0 Å². The third-order valence-corrected chi connectivity index (χ3v) is 2.74. The van der Waals surface area contributed by atoms with E-state index in [1.54, 1.807) is 0 Å². The molecule has 0 aliphatic carbocycles. The number of benzene rings is 1. The summed E-state index contributed by atoms with van der Waals surface area (Å²) in [5.74, 6) is 0. The fourth-order valence-electron chi connectivity index (χ4n) is 1.79. The maximum absolute atomic E-state index is 2.31. The van der Waals surface area contributed by atoms with Gasteiger partial charge < -0.3 is 9.80 Å². The Morgan fingerprint density at radius 3 is 2.41 bits per heavy atom. The first-order chi connectivity index (χ1) is 7.75. The molecule has 1 heterocycles. The number of hydrogen-bond donors (Lipinski definition) is 0. The largest absolute Gasteiger partial charge is 0.378 e. The maximum atomic E-state index is 2.31. The van der Waals surface area contributed by atoms with Gasteiger partial charge in [0, 0.05) is 63.5 Å². The van der Waals surface area contributed by atoms with Crippen molar-refractivity contribution in [2.24, 2.45) is 0 Å². The molecule has 0 N–H and O–H groups in total. The van der Waals surface area contributed by atoms with Crippen LogP contribution < -0.4 is 0 Å². The van der Waals surface area contributed by atoms with Crippen molar-refractivity contribution < 1.29 is 0 Å². The molecule has 0 bridgehead atoms. The molecule has 2 nitrogen and oxygen atoms in total. The minimum Gasteiger partial charge on any atom is -0.378 e. The molecule has 1 aromatic rings. The van der Waals surface area contributed by atoms with Crippen LogP contribution in [0.5, 0.6) is 0 Å². The third-order valence-electron chi connectivity index (χ3n) is 2.74. The van der Waals surface area contributed by atoms with Gasteiger partial charge in [0.1, 0.15) is 0 Å². The Kier molecular flexibility index (Phi) is 5.64. The standard InChI is InChI=1S/C14H18N2.Sb/c1-15(2)14-8-10-16(11-9-14)12-13-6-4-3-5-7-13;/h3-10H,11-12H2,1-2H3;. The monoisotopic (exact) mass is 335 g/mol. The molecule has 1 aliphatic heterocycles. The molecular formula is C14H18N2Sb. The fraction of sp³-hybridized carbons (Fsp3) is 0.286. The summed E-state index contributed by atoms with van der Waals surface area (Å²) in [4.78, 5) is 4.44. The van der Waals surface area contributed by atoms with Crippen molar-refractivity contribution in [2.45, 2.75) is 6.54 Å². The Balaban J connectivity index is 0.00000144. The zero-order chi connectivity index (χ0) is 11.4. The molecule has 1 aromatic carbocycles. The van der Waals surface area contributed by atoms with E-state index in [4.69, 9.17) is 0 Å². The van der Waals surface area contributed by atoms with Crippen molar-refractivity contribution in [3.63, 3.8) is 0 Å². The average Bonchev–Trinajstić information content (AvgIpc) is 2.31. The van der Waals surface area contributed by atoms with Crippen LogP contribution in [0.1, 0.15) is 5.56 Å². The van der Waals surface area contributed by atoms with Crippen LogP contribution in [0.4, 0.5) is 0 Å². The quantitative estimate of drug-likeness (QED) is 0.780. The summed E-state index contributed by atoms with van der Waals surface area (Å²) in [5.41, 5.74) is 2.64. The molecule has 3 radical (unpaired) electrons. The molecule has 3 heteroatoms. The van der Waals surface area contributed by atoms with E-state index in [2.05, 4.69) is 72.6 Å². The van der Waals surface area contributed by atoms with Crippen molar-refractivity contribution in [1.29, 1.82) is 0 Å². The molecule has 0 saturated carbocycles. The Morgan fingerprint density at radius 1 is 1.18 bits per heavy atom. The summed E-state index contributed by atoms with van der Waals surface area (Å²) in [6, 6.07) is 10.6. The van der Waals surface area contributed by atoms with E-state index in [-0.39, 0.29) is 24.4 Å². The SMILES string of the molecule is CN(C)C1=CCN(Cc2ccccc2)C=C1.[Sb]. The van der Waals surface area contributed by atoms with Gasteiger partial charge in [-0.25, -0.2) is 0 Å². The van der Waals surface area contributed by atoms with Crippen LogP contribution >= 0.6 is 0 Å². The van der Waals surface area contributed by atoms with E-state index in [9.17, 15) is 0 Å². The van der Waals surface area contributed by atoms with Crippen LogP contribution in [0.15, 0.2) is 54.4 Å². The number of allylic oxidation sites excluding steroid dienone is 1. The van der Waals surface area contributed by atoms with Gasteiger partial charge in [-0.3, -0.25) is 0 Å². The van der Waals surface area contributed by atoms with Crippen LogP contribution in [0.25, 0.3) is 0 Å². The Hall–Kier alpha value is -0.882. The Bertz CT molecular complexity index is 396. The van der Waals surface area contributed by atoms with Gasteiger partial charge in [0.05, 0.1) is 0 Å². The van der Waals surface area contributed by atoms with Gasteiger partial charge in [0.2, 0.25) is 0 Å². The minimum absolute atomic E-state index is 0. The van der Waals surface area contributed by atoms with Crippen LogP contribution in [-0.4, -0.2) is 54.9 Å². The molecule has 2 rings (SSSR count). The summed E-state index contributed by atoms with van der Waals surface area (Å²) < 4.78 is 0. The molecule has 0 fully saturated rings. The first kappa shape index (κ1) is 14.2. The normalized spacial score (nSPS) is 14.0. The predicted molar refractivity (Wildman–Crippen MR) is 73.5 cm³/mol. The molecule has 0 amide bonds. The number of likely N-dealkylation sites (N-methyl/N-ethyl adjacent to an activating group) is 1. The summed E-state index contributed by atoms with van der Waals surface area (Å²) in [5, 5.41) is 0. The number of hydrogen-bond acceptors (Lipinski definition) is 2. The molecule has 0 atom stereocenters. The minimum atomic E-state index is 0. The Labute approximate surface area is 121 Å². The van der Waals surface area contributed by atoms with Gasteiger partial charge in [-0.1, -0.05) is 30.3 Å². The molecule has 89 valence electrons. The van der Waals surface area contributed by atoms with E-state index in [0.29, 0.717) is 0 Å². The van der Waals surface area contributed by atoms with Gasteiger partial charge >= 0.3 is 0 Å². The van der Waals surface area contributed by atoms with E-state index in [1.165, 1.54) is 11.3 Å². The van der Waals surface area contributed by atoms with Gasteiger partial charge in [0.15, 0.2) is 0 Å². The second-order valence-corrected chi connectivity index (χ2v) is 4.25. The molecule has 0 saturated heterocycles. The van der Waals surface area contributed by atoms with Crippen LogP contribution in [0.3, 0.4) is 0 Å². The predicted octanol–water partition coefficient (Wildman–Crippen LogP) is 2.08. The Morgan fingerprint density at radius 2 is 1.88 bits per heavy atom. The van der Waals surface area contributed by atoms with E-state index < -0.39 is 0 Å². The van der Waals surface area contributed by atoms with Gasteiger partial charge in [0.25, 0.3) is 0 Å². The summed E-state index contributed by atoms with van der Waals surface area (Å²) in [7, 11) is 4.14. The van der Waals surface area contributed by atoms with Crippen molar-refractivity contribution in [3.8, 4) is 0 Å². The van der Waals surface area contributed by atoms with Crippen molar-refractivity contribution in [2.75, 3.05) is 20.6 Å². The van der Waals surface area contributed by atoms with Crippen molar-refractivity contribution in [3.05, 3.63) is 59.9 Å². The molecule has 0 spiro atoms. The first-order valence-electron chi connectivity index (χ1n) is 5.59. The average molecular weight is 336 g/mol. The second-order valence-electron chi connectivity index (χ2n) is 4.25. The summed E-state index contributed by atoms with van der Waals surface area (Å²) in [6.07, 6.45) is 6.58. The maximum Gasteiger partial charge on any atom is 0.0427 e. The van der Waals surface area contributed by atoms with E-state index in [1.807, 2.05) is 0 Å². The van der Waals surface area contributed by atoms with Crippen molar-refractivity contribution >= 4 is 24.4 Å². The zero-order valence-corrected chi connectivity index (χ0v) is 12.9. The first-order valence-corrected chi connectivity index (χ1v) is 5.59. The van der Waals surface area contributed by atoms with Crippen LogP contribution in [0, 0.1) is 0 Å². The van der Waals surface area contributed by atoms with Gasteiger partial charge in [-0.15, -0.1) is 0 Å². The fourth-order valence-corrected chi connectivity index (χ4v) is 1.79. The van der Waals surface area contributed by atoms with Crippen molar-refractivity contribution in [1.82, 2.24) is 9.80 Å². The molecule has 17 heavy (non-hydrogen) atoms. The number of nitrogens with zero attached hydrogens (tertiary/aromatic N) is 2. The third kappa shape index (κ3) is 4.12. The van der Waals surface area contributed by atoms with Gasteiger partial charge in [-0.2, -0.15) is 0 Å².